The molecule has 43 valence electrons. The third kappa shape index (κ3) is 0.598. The molecule has 2 aliphatic heterocycles. The molecule has 0 saturated heterocycles. The second-order valence-electron chi connectivity index (χ2n) is 1.90. The van der Waals surface area contributed by atoms with Gasteiger partial charge in [0.1, 0.15) is 5.70 Å². The van der Waals surface area contributed by atoms with Crippen LogP contribution in [0.15, 0.2) is 36.2 Å². The van der Waals surface area contributed by atoms with Crippen molar-refractivity contribution in [3.8, 4) is 0 Å². The molecule has 0 amide bonds. The smallest absolute Gasteiger partial charge is 0.0635 e. The normalized spacial score (nSPS) is 20.4. The second-order valence-corrected chi connectivity index (χ2v) is 1.90. The zero-order valence-electron chi connectivity index (χ0n) is 4.86. The quantitative estimate of drug-likeness (QED) is 0.455. The molecule has 0 bridgehead atoms. The number of hydrogen-bond donors (Lipinski definition) is 0. The van der Waals surface area contributed by atoms with Crippen molar-refractivity contribution in [3.63, 3.8) is 0 Å². The molecule has 0 N–H and O–H groups in total. The average molecular weight is 118 g/mol. The summed E-state index contributed by atoms with van der Waals surface area (Å²) >= 11 is 0. The van der Waals surface area contributed by atoms with E-state index in [2.05, 4.69) is 5.10 Å². The zero-order chi connectivity index (χ0) is 6.10. The van der Waals surface area contributed by atoms with Crippen LogP contribution >= 0.6 is 0 Å². The maximum Gasteiger partial charge on any atom is 0.278 e. The van der Waals surface area contributed by atoms with Crippen LogP contribution in [0.5, 0.6) is 0 Å². The van der Waals surface area contributed by atoms with Gasteiger partial charge < -0.3 is 0 Å². The fraction of sp³-hybridized carbons (Fsp3) is 0. The van der Waals surface area contributed by atoms with Gasteiger partial charge in [0.15, 0.2) is 5.10 Å². The van der Waals surface area contributed by atoms with E-state index in [1.165, 1.54) is 0 Å². The summed E-state index contributed by atoms with van der Waals surface area (Å²) in [6.45, 7) is 0. The number of hydrogen-bond acceptors (Lipinski definition) is 2. The van der Waals surface area contributed by atoms with Gasteiger partial charge in [-0.1, -0.05) is 11.1 Å². The number of nitrogens with zero attached hydrogens (tertiary/aromatic N) is 2. The van der Waals surface area contributed by atoms with Crippen molar-refractivity contribution in [3.05, 3.63) is 36.2 Å². The van der Waals surface area contributed by atoms with Gasteiger partial charge in [-0.15, -0.1) is 0 Å². The van der Waals surface area contributed by atoms with Crippen LogP contribution in [-0.4, -0.2) is 11.2 Å². The predicted octanol–water partition coefficient (Wildman–Crippen LogP) is 0.591. The van der Waals surface area contributed by atoms with E-state index in [4.69, 9.17) is 0 Å². The van der Waals surface area contributed by atoms with Gasteiger partial charge in [0.2, 0.25) is 0 Å². The molecule has 9 heavy (non-hydrogen) atoms. The van der Waals surface area contributed by atoms with Crippen LogP contribution in [0.1, 0.15) is 0 Å². The minimum Gasteiger partial charge on any atom is -0.0635 e. The average Bonchev–Trinajstić information content (AvgIpc) is 2.33. The third-order valence-electron chi connectivity index (χ3n) is 1.31. The van der Waals surface area contributed by atoms with Crippen molar-refractivity contribution in [2.24, 2.45) is 0 Å². The highest BCUT2D eigenvalue weighted by Crippen LogP contribution is 2.10. The number of rotatable bonds is 0. The highest BCUT2D eigenvalue weighted by molar-refractivity contribution is 5.74. The summed E-state index contributed by atoms with van der Waals surface area (Å²) in [6, 6.07) is 0. The Hall–Kier alpha value is -1.31. The molecule has 0 aromatic carbocycles. The first-order valence-electron chi connectivity index (χ1n) is 2.85. The van der Waals surface area contributed by atoms with Gasteiger partial charge >= 0.3 is 0 Å². The minimum absolute atomic E-state index is 1.14. The number of fused-ring (bicyclic) bond motifs is 1. The van der Waals surface area contributed by atoms with Crippen LogP contribution in [0.25, 0.3) is 0 Å². The van der Waals surface area contributed by atoms with E-state index in [9.17, 15) is 0 Å². The standard InChI is InChI=1S/C7H6N2/c1-2-6-9-7(3-1)4-5-8-9/h1-6H/q+1. The molecule has 0 aromatic rings. The van der Waals surface area contributed by atoms with E-state index in [1.54, 1.807) is 6.21 Å². The topological polar surface area (TPSA) is 17.3 Å². The molecule has 0 fully saturated rings. The Morgan fingerprint density at radius 3 is 3.22 bits per heavy atom. The lowest BCUT2D eigenvalue weighted by atomic mass is 10.3. The SMILES string of the molecule is C1=CC2=CC=[N+]N2C=C1. The Morgan fingerprint density at radius 1 is 1.33 bits per heavy atom. The highest BCUT2D eigenvalue weighted by Gasteiger charge is 2.18. The first-order chi connectivity index (χ1) is 4.47. The Balaban J connectivity index is 2.40. The summed E-state index contributed by atoms with van der Waals surface area (Å²) in [5.41, 5.74) is 1.14. The lowest BCUT2D eigenvalue weighted by Crippen LogP contribution is -2.14. The molecule has 0 unspecified atom stereocenters. The molecule has 2 heteroatoms. The van der Waals surface area contributed by atoms with Gasteiger partial charge in [0.25, 0.3) is 6.21 Å². The fourth-order valence-corrected chi connectivity index (χ4v) is 0.866. The molecule has 2 nitrogen and oxygen atoms in total. The van der Waals surface area contributed by atoms with E-state index in [0.717, 1.165) is 5.70 Å². The van der Waals surface area contributed by atoms with Crippen molar-refractivity contribution in [1.82, 2.24) is 10.1 Å². The van der Waals surface area contributed by atoms with Crippen molar-refractivity contribution in [2.75, 3.05) is 0 Å². The van der Waals surface area contributed by atoms with Gasteiger partial charge in [-0.05, 0) is 12.2 Å². The monoisotopic (exact) mass is 118 g/mol. The maximum absolute atomic E-state index is 4.04. The molecule has 2 heterocycles. The Labute approximate surface area is 53.5 Å². The van der Waals surface area contributed by atoms with Crippen LogP contribution in [0.3, 0.4) is 0 Å². The molecule has 2 aliphatic rings. The highest BCUT2D eigenvalue weighted by atomic mass is 15.5. The van der Waals surface area contributed by atoms with E-state index < -0.39 is 0 Å². The summed E-state index contributed by atoms with van der Waals surface area (Å²) in [4.78, 5) is 0. The van der Waals surface area contributed by atoms with Crippen LogP contribution in [-0.2, 0) is 0 Å². The molecule has 2 rings (SSSR count). The van der Waals surface area contributed by atoms with Crippen LogP contribution < -0.4 is 5.10 Å². The van der Waals surface area contributed by atoms with Gasteiger partial charge in [0, 0.05) is 6.08 Å². The first kappa shape index (κ1) is 4.56. The summed E-state index contributed by atoms with van der Waals surface area (Å²) < 4.78 is 0. The first-order valence-corrected chi connectivity index (χ1v) is 2.85. The van der Waals surface area contributed by atoms with Gasteiger partial charge in [-0.25, -0.2) is 0 Å². The summed E-state index contributed by atoms with van der Waals surface area (Å²) in [5.74, 6) is 0. The van der Waals surface area contributed by atoms with Crippen LogP contribution in [0, 0.1) is 0 Å². The van der Waals surface area contributed by atoms with Gasteiger partial charge in [0.05, 0.1) is 6.20 Å². The Morgan fingerprint density at radius 2 is 2.33 bits per heavy atom. The van der Waals surface area contributed by atoms with Crippen molar-refractivity contribution in [2.45, 2.75) is 0 Å². The van der Waals surface area contributed by atoms with E-state index in [-0.39, 0.29) is 0 Å². The second kappa shape index (κ2) is 1.58. The molecule has 0 spiro atoms. The largest absolute Gasteiger partial charge is 0.278 e. The number of allylic oxidation sites excluding steroid dienone is 4. The molecule has 1 radical (unpaired) electrons. The maximum atomic E-state index is 4.04. The van der Waals surface area contributed by atoms with Crippen molar-refractivity contribution in [1.29, 1.82) is 0 Å². The zero-order valence-corrected chi connectivity index (χ0v) is 4.86. The Bertz CT molecular complexity index is 233. The molecule has 0 aromatic heterocycles. The van der Waals surface area contributed by atoms with Crippen LogP contribution in [0.2, 0.25) is 0 Å². The molecular weight excluding hydrogens is 112 g/mol. The number of hydrazone groups is 1. The molecular formula is C7H6N2+. The van der Waals surface area contributed by atoms with Crippen molar-refractivity contribution >= 4 is 6.21 Å². The molecule has 0 atom stereocenters. The van der Waals surface area contributed by atoms with E-state index in [1.807, 2.05) is 35.5 Å². The molecule has 0 aliphatic carbocycles. The van der Waals surface area contributed by atoms with E-state index >= 15 is 0 Å². The Kier molecular flexibility index (Phi) is 0.803. The van der Waals surface area contributed by atoms with Crippen LogP contribution in [0.4, 0.5) is 0 Å². The lowest BCUT2D eigenvalue weighted by molar-refractivity contribution is 0.464. The van der Waals surface area contributed by atoms with E-state index in [0.29, 0.717) is 0 Å². The van der Waals surface area contributed by atoms with Crippen molar-refractivity contribution < 1.29 is 0 Å². The minimum atomic E-state index is 1.14. The molecule has 0 saturated carbocycles. The fourth-order valence-electron chi connectivity index (χ4n) is 0.866. The lowest BCUT2D eigenvalue weighted by Gasteiger charge is -2.00. The van der Waals surface area contributed by atoms with Gasteiger partial charge in [-0.2, -0.15) is 0 Å². The predicted molar refractivity (Wildman–Crippen MR) is 36.4 cm³/mol. The van der Waals surface area contributed by atoms with Gasteiger partial charge in [-0.3, -0.25) is 0 Å². The third-order valence-corrected chi connectivity index (χ3v) is 1.31. The summed E-state index contributed by atoms with van der Waals surface area (Å²) in [6.07, 6.45) is 11.7. The summed E-state index contributed by atoms with van der Waals surface area (Å²) in [7, 11) is 0. The summed E-state index contributed by atoms with van der Waals surface area (Å²) in [5, 5.41) is 5.87.